The molecule has 0 amide bonds. The van der Waals surface area contributed by atoms with Crippen LogP contribution >= 0.6 is 11.3 Å². The maximum absolute atomic E-state index is 10.7. The molecule has 0 aliphatic carbocycles. The van der Waals surface area contributed by atoms with E-state index in [2.05, 4.69) is 40.6 Å². The number of nitrogens with zero attached hydrogens (tertiary/aromatic N) is 2. The van der Waals surface area contributed by atoms with Gasteiger partial charge in [0.05, 0.1) is 10.6 Å². The molecule has 1 aromatic heterocycles. The highest BCUT2D eigenvalue weighted by atomic mass is 32.1. The zero-order valence-electron chi connectivity index (χ0n) is 13.0. The van der Waals surface area contributed by atoms with Gasteiger partial charge < -0.3 is 5.32 Å². The number of nitrogens with one attached hydrogen (secondary N) is 1. The minimum Gasteiger partial charge on any atom is -0.332 e. The minimum atomic E-state index is -0.412. The number of fused-ring (bicyclic) bond motifs is 1. The van der Waals surface area contributed by atoms with Crippen molar-refractivity contribution in [1.82, 2.24) is 4.98 Å². The summed E-state index contributed by atoms with van der Waals surface area (Å²) in [5.74, 6) is 0. The fourth-order valence-electron chi connectivity index (χ4n) is 2.60. The molecular formula is C19H13N3O2S. The highest BCUT2D eigenvalue weighted by Gasteiger charge is 2.08. The number of aromatic nitrogens is 1. The average Bonchev–Trinajstić information content (AvgIpc) is 3.10. The van der Waals surface area contributed by atoms with Gasteiger partial charge in [0, 0.05) is 28.8 Å². The third kappa shape index (κ3) is 3.20. The van der Waals surface area contributed by atoms with Gasteiger partial charge in [-0.25, -0.2) is 4.98 Å². The molecule has 4 rings (SSSR count). The Labute approximate surface area is 147 Å². The number of rotatable bonds is 4. The van der Waals surface area contributed by atoms with Gasteiger partial charge in [0.2, 0.25) is 0 Å². The zero-order valence-corrected chi connectivity index (χ0v) is 13.9. The predicted molar refractivity (Wildman–Crippen MR) is 101 cm³/mol. The molecule has 6 heteroatoms. The Morgan fingerprint density at radius 3 is 2.48 bits per heavy atom. The second-order valence-corrected chi connectivity index (χ2v) is 6.39. The van der Waals surface area contributed by atoms with Gasteiger partial charge in [-0.3, -0.25) is 10.1 Å². The molecule has 0 atom stereocenters. The molecule has 3 aromatic carbocycles. The number of non-ortho nitro benzene ring substituents is 1. The summed E-state index contributed by atoms with van der Waals surface area (Å²) >= 11 is 1.50. The molecule has 0 radical (unpaired) electrons. The Morgan fingerprint density at radius 2 is 1.72 bits per heavy atom. The standard InChI is InChI=1S/C19H13N3O2S/c23-22(24)17-9-7-16(8-10-17)20-19-21-18(12-25-19)15-6-5-13-3-1-2-4-14(13)11-15/h1-12H,(H,20,21). The van der Waals surface area contributed by atoms with Crippen LogP contribution in [0.1, 0.15) is 0 Å². The van der Waals surface area contributed by atoms with Crippen LogP contribution < -0.4 is 5.32 Å². The third-order valence-corrected chi connectivity index (χ3v) is 4.64. The molecule has 0 aliphatic heterocycles. The topological polar surface area (TPSA) is 68.1 Å². The molecule has 1 N–H and O–H groups in total. The van der Waals surface area contributed by atoms with Crippen LogP contribution in [0.3, 0.4) is 0 Å². The Bertz CT molecular complexity index is 1060. The first-order valence-corrected chi connectivity index (χ1v) is 8.53. The first kappa shape index (κ1) is 15.3. The van der Waals surface area contributed by atoms with Crippen molar-refractivity contribution in [2.75, 3.05) is 5.32 Å². The maximum Gasteiger partial charge on any atom is 0.269 e. The summed E-state index contributed by atoms with van der Waals surface area (Å²) < 4.78 is 0. The van der Waals surface area contributed by atoms with Gasteiger partial charge in [-0.2, -0.15) is 0 Å². The lowest BCUT2D eigenvalue weighted by atomic mass is 10.1. The number of hydrogen-bond donors (Lipinski definition) is 1. The highest BCUT2D eigenvalue weighted by Crippen LogP contribution is 2.29. The van der Waals surface area contributed by atoms with Crippen LogP contribution in [0, 0.1) is 10.1 Å². The highest BCUT2D eigenvalue weighted by molar-refractivity contribution is 7.14. The van der Waals surface area contributed by atoms with Crippen molar-refractivity contribution in [1.29, 1.82) is 0 Å². The maximum atomic E-state index is 10.7. The van der Waals surface area contributed by atoms with E-state index >= 15 is 0 Å². The van der Waals surface area contributed by atoms with E-state index in [1.54, 1.807) is 12.1 Å². The first-order valence-electron chi connectivity index (χ1n) is 7.65. The number of nitro benzene ring substituents is 1. The first-order chi connectivity index (χ1) is 12.2. The van der Waals surface area contributed by atoms with Crippen LogP contribution in [0.5, 0.6) is 0 Å². The van der Waals surface area contributed by atoms with Gasteiger partial charge in [-0.05, 0) is 29.0 Å². The molecule has 0 unspecified atom stereocenters. The van der Waals surface area contributed by atoms with Crippen molar-refractivity contribution < 1.29 is 4.92 Å². The van der Waals surface area contributed by atoms with E-state index in [1.165, 1.54) is 34.2 Å². The summed E-state index contributed by atoms with van der Waals surface area (Å²) in [5, 5.41) is 19.0. The average molecular weight is 347 g/mol. The molecule has 1 heterocycles. The number of anilines is 2. The van der Waals surface area contributed by atoms with Crippen LogP contribution in [-0.4, -0.2) is 9.91 Å². The van der Waals surface area contributed by atoms with Crippen molar-refractivity contribution in [2.45, 2.75) is 0 Å². The Kier molecular flexibility index (Phi) is 3.87. The Balaban J connectivity index is 1.57. The van der Waals surface area contributed by atoms with Crippen LogP contribution in [0.15, 0.2) is 72.1 Å². The van der Waals surface area contributed by atoms with Crippen LogP contribution in [0.2, 0.25) is 0 Å². The predicted octanol–water partition coefficient (Wildman–Crippen LogP) is 5.62. The van der Waals surface area contributed by atoms with E-state index in [-0.39, 0.29) is 5.69 Å². The summed E-state index contributed by atoms with van der Waals surface area (Å²) in [6, 6.07) is 20.8. The van der Waals surface area contributed by atoms with Crippen LogP contribution in [-0.2, 0) is 0 Å². The van der Waals surface area contributed by atoms with E-state index < -0.39 is 4.92 Å². The van der Waals surface area contributed by atoms with E-state index in [4.69, 9.17) is 0 Å². The van der Waals surface area contributed by atoms with E-state index in [0.29, 0.717) is 0 Å². The van der Waals surface area contributed by atoms with Gasteiger partial charge in [-0.1, -0.05) is 36.4 Å². The lowest BCUT2D eigenvalue weighted by molar-refractivity contribution is -0.384. The summed E-state index contributed by atoms with van der Waals surface area (Å²) in [4.78, 5) is 14.9. The monoisotopic (exact) mass is 347 g/mol. The van der Waals surface area contributed by atoms with Crippen molar-refractivity contribution in [3.05, 3.63) is 82.2 Å². The fourth-order valence-corrected chi connectivity index (χ4v) is 3.34. The fraction of sp³-hybridized carbons (Fsp3) is 0. The normalized spacial score (nSPS) is 10.7. The van der Waals surface area contributed by atoms with Gasteiger partial charge in [-0.15, -0.1) is 11.3 Å². The molecule has 0 bridgehead atoms. The second kappa shape index (κ2) is 6.33. The minimum absolute atomic E-state index is 0.0709. The van der Waals surface area contributed by atoms with Gasteiger partial charge >= 0.3 is 0 Å². The Morgan fingerprint density at radius 1 is 0.960 bits per heavy atom. The van der Waals surface area contributed by atoms with Crippen molar-refractivity contribution in [2.24, 2.45) is 0 Å². The summed E-state index contributed by atoms with van der Waals surface area (Å²) in [6.45, 7) is 0. The smallest absolute Gasteiger partial charge is 0.269 e. The zero-order chi connectivity index (χ0) is 17.2. The summed E-state index contributed by atoms with van der Waals surface area (Å²) in [7, 11) is 0. The van der Waals surface area contributed by atoms with E-state index in [0.717, 1.165) is 22.1 Å². The summed E-state index contributed by atoms with van der Waals surface area (Å²) in [6.07, 6.45) is 0. The van der Waals surface area contributed by atoms with Crippen molar-refractivity contribution in [3.63, 3.8) is 0 Å². The lowest BCUT2D eigenvalue weighted by Crippen LogP contribution is -1.91. The van der Waals surface area contributed by atoms with Crippen molar-refractivity contribution >= 4 is 38.6 Å². The van der Waals surface area contributed by atoms with E-state index in [1.807, 2.05) is 17.5 Å². The molecule has 0 fully saturated rings. The van der Waals surface area contributed by atoms with E-state index in [9.17, 15) is 10.1 Å². The van der Waals surface area contributed by atoms with Gasteiger partial charge in [0.15, 0.2) is 5.13 Å². The van der Waals surface area contributed by atoms with Gasteiger partial charge in [0.25, 0.3) is 5.69 Å². The quantitative estimate of drug-likeness (QED) is 0.384. The molecular weight excluding hydrogens is 334 g/mol. The SMILES string of the molecule is O=[N+]([O-])c1ccc(Nc2nc(-c3ccc4ccccc4c3)cs2)cc1. The second-order valence-electron chi connectivity index (χ2n) is 5.53. The molecule has 25 heavy (non-hydrogen) atoms. The molecule has 0 saturated carbocycles. The van der Waals surface area contributed by atoms with Crippen LogP contribution in [0.25, 0.3) is 22.0 Å². The number of hydrogen-bond acceptors (Lipinski definition) is 5. The lowest BCUT2D eigenvalue weighted by Gasteiger charge is -2.02. The molecule has 0 saturated heterocycles. The number of nitro groups is 1. The van der Waals surface area contributed by atoms with Crippen LogP contribution in [0.4, 0.5) is 16.5 Å². The molecule has 0 aliphatic rings. The van der Waals surface area contributed by atoms with Gasteiger partial charge in [0.1, 0.15) is 0 Å². The third-order valence-electron chi connectivity index (χ3n) is 3.88. The number of benzene rings is 3. The largest absolute Gasteiger partial charge is 0.332 e. The summed E-state index contributed by atoms with van der Waals surface area (Å²) in [5.41, 5.74) is 2.80. The molecule has 122 valence electrons. The number of thiazole rings is 1. The van der Waals surface area contributed by atoms with Crippen molar-refractivity contribution in [3.8, 4) is 11.3 Å². The molecule has 4 aromatic rings. The molecule has 5 nitrogen and oxygen atoms in total. The Hall–Kier alpha value is -3.25. The molecule has 0 spiro atoms.